The Balaban J connectivity index is 1.62. The van der Waals surface area contributed by atoms with Crippen molar-refractivity contribution < 1.29 is 9.59 Å². The Morgan fingerprint density at radius 2 is 1.68 bits per heavy atom. The van der Waals surface area contributed by atoms with Gasteiger partial charge in [-0.2, -0.15) is 5.10 Å². The quantitative estimate of drug-likeness (QED) is 0.764. The van der Waals surface area contributed by atoms with Gasteiger partial charge in [-0.25, -0.2) is 4.68 Å². The number of hydrogen-bond acceptors (Lipinski definition) is 5. The summed E-state index contributed by atoms with van der Waals surface area (Å²) in [6.07, 6.45) is 4.68. The van der Waals surface area contributed by atoms with Gasteiger partial charge in [0.1, 0.15) is 6.54 Å². The van der Waals surface area contributed by atoms with Gasteiger partial charge in [-0.3, -0.25) is 14.4 Å². The summed E-state index contributed by atoms with van der Waals surface area (Å²) in [5.74, 6) is -0.0985. The summed E-state index contributed by atoms with van der Waals surface area (Å²) in [5, 5.41) is 4.17. The number of nitrogens with zero attached hydrogens (tertiary/aromatic N) is 5. The number of carbonyl (C=O) groups excluding carboxylic acids is 2. The highest BCUT2D eigenvalue weighted by Crippen LogP contribution is 2.16. The topological polar surface area (TPSA) is 78.8 Å². The molecule has 2 aliphatic heterocycles. The summed E-state index contributed by atoms with van der Waals surface area (Å²) in [5.41, 5.74) is 0.580. The second-order valence-corrected chi connectivity index (χ2v) is 6.64. The van der Waals surface area contributed by atoms with Crippen molar-refractivity contribution in [2.75, 3.05) is 44.2 Å². The van der Waals surface area contributed by atoms with Crippen LogP contribution in [0.1, 0.15) is 26.2 Å². The van der Waals surface area contributed by atoms with Crippen molar-refractivity contribution in [2.24, 2.45) is 0 Å². The maximum Gasteiger partial charge on any atom is 0.269 e. The van der Waals surface area contributed by atoms with Crippen molar-refractivity contribution in [3.05, 3.63) is 22.6 Å². The van der Waals surface area contributed by atoms with Gasteiger partial charge in [0.15, 0.2) is 0 Å². The fourth-order valence-electron chi connectivity index (χ4n) is 3.40. The van der Waals surface area contributed by atoms with Crippen molar-refractivity contribution >= 4 is 17.5 Å². The van der Waals surface area contributed by atoms with E-state index in [-0.39, 0.29) is 23.9 Å². The normalized spacial score (nSPS) is 18.4. The van der Waals surface area contributed by atoms with E-state index in [1.54, 1.807) is 29.0 Å². The first-order valence-corrected chi connectivity index (χ1v) is 8.90. The predicted molar refractivity (Wildman–Crippen MR) is 93.4 cm³/mol. The molecule has 0 N–H and O–H groups in total. The molecule has 2 aliphatic rings. The Labute approximate surface area is 147 Å². The van der Waals surface area contributed by atoms with Gasteiger partial charge in [0.2, 0.25) is 11.8 Å². The molecular formula is C17H25N5O3. The number of amides is 2. The van der Waals surface area contributed by atoms with Gasteiger partial charge >= 0.3 is 0 Å². The molecule has 0 spiro atoms. The van der Waals surface area contributed by atoms with Crippen molar-refractivity contribution in [2.45, 2.75) is 32.7 Å². The number of rotatable bonds is 3. The zero-order valence-electron chi connectivity index (χ0n) is 14.7. The lowest BCUT2D eigenvalue weighted by Gasteiger charge is -2.22. The van der Waals surface area contributed by atoms with E-state index in [9.17, 15) is 14.4 Å². The highest BCUT2D eigenvalue weighted by molar-refractivity contribution is 5.76. The van der Waals surface area contributed by atoms with Crippen LogP contribution in [0.3, 0.4) is 0 Å². The van der Waals surface area contributed by atoms with E-state index in [0.29, 0.717) is 26.2 Å². The van der Waals surface area contributed by atoms with E-state index in [4.69, 9.17) is 0 Å². The fourth-order valence-corrected chi connectivity index (χ4v) is 3.40. The molecule has 0 bridgehead atoms. The van der Waals surface area contributed by atoms with Crippen molar-refractivity contribution in [3.8, 4) is 0 Å². The maximum absolute atomic E-state index is 12.5. The standard InChI is InChI=1S/C17H25N5O3/c1-14(23)19-7-4-8-21(10-9-19)17(25)13-22-16(24)11-15(12-18-22)20-5-2-3-6-20/h11-12H,2-10,13H2,1H3. The first-order valence-electron chi connectivity index (χ1n) is 8.90. The summed E-state index contributed by atoms with van der Waals surface area (Å²) in [6.45, 7) is 5.69. The van der Waals surface area contributed by atoms with Gasteiger partial charge in [-0.15, -0.1) is 0 Å². The van der Waals surface area contributed by atoms with Crippen molar-refractivity contribution in [1.82, 2.24) is 19.6 Å². The third-order valence-electron chi connectivity index (χ3n) is 4.91. The lowest BCUT2D eigenvalue weighted by atomic mass is 10.3. The van der Waals surface area contributed by atoms with Crippen LogP contribution in [0.2, 0.25) is 0 Å². The van der Waals surface area contributed by atoms with Crippen LogP contribution < -0.4 is 10.5 Å². The molecule has 8 heteroatoms. The Bertz CT molecular complexity index is 696. The minimum absolute atomic E-state index is 0.0321. The van der Waals surface area contributed by atoms with Crippen LogP contribution in [-0.2, 0) is 16.1 Å². The lowest BCUT2D eigenvalue weighted by Crippen LogP contribution is -2.40. The van der Waals surface area contributed by atoms with Gasteiger partial charge in [-0.05, 0) is 19.3 Å². The third kappa shape index (κ3) is 4.18. The predicted octanol–water partition coefficient (Wildman–Crippen LogP) is -0.0757. The van der Waals surface area contributed by atoms with E-state index >= 15 is 0 Å². The van der Waals surface area contributed by atoms with E-state index in [0.717, 1.165) is 38.0 Å². The lowest BCUT2D eigenvalue weighted by molar-refractivity contribution is -0.133. The highest BCUT2D eigenvalue weighted by Gasteiger charge is 2.21. The summed E-state index contributed by atoms with van der Waals surface area (Å²) >= 11 is 0. The largest absolute Gasteiger partial charge is 0.370 e. The van der Waals surface area contributed by atoms with Gasteiger partial charge in [-0.1, -0.05) is 0 Å². The first-order chi connectivity index (χ1) is 12.0. The number of aromatic nitrogens is 2. The molecule has 1 aromatic heterocycles. The Morgan fingerprint density at radius 1 is 1.00 bits per heavy atom. The van der Waals surface area contributed by atoms with Gasteiger partial charge in [0.25, 0.3) is 5.56 Å². The average molecular weight is 347 g/mol. The molecule has 8 nitrogen and oxygen atoms in total. The number of hydrogen-bond donors (Lipinski definition) is 0. The highest BCUT2D eigenvalue weighted by atomic mass is 16.2. The van der Waals surface area contributed by atoms with Crippen LogP contribution in [0.25, 0.3) is 0 Å². The maximum atomic E-state index is 12.5. The van der Waals surface area contributed by atoms with Crippen LogP contribution in [0.4, 0.5) is 5.69 Å². The monoisotopic (exact) mass is 347 g/mol. The summed E-state index contributed by atoms with van der Waals surface area (Å²) in [4.78, 5) is 41.9. The molecule has 0 atom stereocenters. The molecular weight excluding hydrogens is 322 g/mol. The van der Waals surface area contributed by atoms with Crippen LogP contribution in [0, 0.1) is 0 Å². The van der Waals surface area contributed by atoms with E-state index in [2.05, 4.69) is 10.00 Å². The molecule has 2 fully saturated rings. The molecule has 136 valence electrons. The Hall–Kier alpha value is -2.38. The molecule has 2 saturated heterocycles. The fraction of sp³-hybridized carbons (Fsp3) is 0.647. The van der Waals surface area contributed by atoms with Gasteiger partial charge in [0.05, 0.1) is 11.9 Å². The van der Waals surface area contributed by atoms with Crippen molar-refractivity contribution in [1.29, 1.82) is 0 Å². The molecule has 25 heavy (non-hydrogen) atoms. The first kappa shape index (κ1) is 17.4. The minimum atomic E-state index is -0.252. The van der Waals surface area contributed by atoms with E-state index in [1.807, 2.05) is 0 Å². The minimum Gasteiger partial charge on any atom is -0.370 e. The van der Waals surface area contributed by atoms with Crippen LogP contribution in [-0.4, -0.2) is 70.7 Å². The van der Waals surface area contributed by atoms with Crippen LogP contribution in [0.15, 0.2) is 17.1 Å². The Morgan fingerprint density at radius 3 is 2.36 bits per heavy atom. The molecule has 0 saturated carbocycles. The van der Waals surface area contributed by atoms with Crippen molar-refractivity contribution in [3.63, 3.8) is 0 Å². The number of anilines is 1. The van der Waals surface area contributed by atoms with Gasteiger partial charge in [0, 0.05) is 52.3 Å². The average Bonchev–Trinajstić information content (AvgIpc) is 3.00. The zero-order valence-corrected chi connectivity index (χ0v) is 14.7. The van der Waals surface area contributed by atoms with E-state index in [1.165, 1.54) is 4.68 Å². The molecule has 0 radical (unpaired) electrons. The summed E-state index contributed by atoms with van der Waals surface area (Å²) in [7, 11) is 0. The molecule has 0 aliphatic carbocycles. The smallest absolute Gasteiger partial charge is 0.269 e. The second kappa shape index (κ2) is 7.67. The molecule has 3 rings (SSSR count). The second-order valence-electron chi connectivity index (χ2n) is 6.64. The van der Waals surface area contributed by atoms with E-state index < -0.39 is 0 Å². The molecule has 2 amide bonds. The Kier molecular flexibility index (Phi) is 5.35. The molecule has 0 unspecified atom stereocenters. The molecule has 1 aromatic rings. The molecule has 0 aromatic carbocycles. The van der Waals surface area contributed by atoms with Gasteiger partial charge < -0.3 is 14.7 Å². The summed E-state index contributed by atoms with van der Waals surface area (Å²) in [6, 6.07) is 1.56. The number of carbonyl (C=O) groups is 2. The molecule has 3 heterocycles. The zero-order chi connectivity index (χ0) is 17.8. The summed E-state index contributed by atoms with van der Waals surface area (Å²) < 4.78 is 1.22. The third-order valence-corrected chi connectivity index (χ3v) is 4.91. The van der Waals surface area contributed by atoms with Crippen LogP contribution >= 0.6 is 0 Å². The SMILES string of the molecule is CC(=O)N1CCCN(C(=O)Cn2ncc(N3CCCC3)cc2=O)CC1. The van der Waals surface area contributed by atoms with Crippen LogP contribution in [0.5, 0.6) is 0 Å².